The Labute approximate surface area is 327 Å². The summed E-state index contributed by atoms with van der Waals surface area (Å²) in [5, 5.41) is 31.2. The van der Waals surface area contributed by atoms with Crippen molar-refractivity contribution in [3.63, 3.8) is 0 Å². The molecule has 0 spiro atoms. The largest absolute Gasteiger partial charge is 0.508 e. The van der Waals surface area contributed by atoms with Gasteiger partial charge in [0.1, 0.15) is 29.9 Å². The molecule has 2 aromatic heterocycles. The first-order valence-electron chi connectivity index (χ1n) is 17.9. The molecule has 0 fully saturated rings. The van der Waals surface area contributed by atoms with Gasteiger partial charge in [0.15, 0.2) is 5.96 Å². The number of thioether (sulfide) groups is 1. The van der Waals surface area contributed by atoms with Crippen LogP contribution in [0.5, 0.6) is 5.75 Å². The van der Waals surface area contributed by atoms with Crippen molar-refractivity contribution in [2.75, 3.05) is 18.6 Å². The predicted molar refractivity (Wildman–Crippen MR) is 212 cm³/mol. The van der Waals surface area contributed by atoms with E-state index in [1.165, 1.54) is 36.4 Å². The molecule has 4 amide bonds. The van der Waals surface area contributed by atoms with Gasteiger partial charge in [-0.25, -0.2) is 9.78 Å². The number of phenols is 1. The maximum absolute atomic E-state index is 14.1. The standard InChI is InChI=1S/C37H49N11O7S/c1-56-14-12-28(33(51)46-29(36(54)55)7-4-13-42-37(39)40)45-35(53)31(17-23-19-41-20-44-23)48-34(52)30(15-21-8-10-24(49)11-9-21)47-32(50)26(38)16-22-18-43-27-6-3-2-5-25(22)27/h2-3,5-6,8-11,18-20,26,28-31,43,49H,4,7,12-17,38H2,1H3,(H,41,44)(H,45,53)(H,46,51)(H,47,50)(H,48,52)(H,54,55)(H4,39,40,42)/t26-,28-,29-,30-,31-/m0/s1. The molecule has 300 valence electrons. The summed E-state index contributed by atoms with van der Waals surface area (Å²) in [5.74, 6) is -3.75. The molecule has 0 aliphatic carbocycles. The number of amides is 4. The van der Waals surface area contributed by atoms with Crippen LogP contribution in [0.25, 0.3) is 10.9 Å². The zero-order valence-corrected chi connectivity index (χ0v) is 31.7. The lowest BCUT2D eigenvalue weighted by molar-refractivity contribution is -0.142. The molecule has 14 N–H and O–H groups in total. The monoisotopic (exact) mass is 791 g/mol. The number of phenolic OH excluding ortho intramolecular Hbond substituents is 1. The average Bonchev–Trinajstić information content (AvgIpc) is 3.84. The number of fused-ring (bicyclic) bond motifs is 1. The number of guanidine groups is 1. The van der Waals surface area contributed by atoms with Crippen molar-refractivity contribution in [3.8, 4) is 5.75 Å². The number of nitrogens with one attached hydrogen (secondary N) is 6. The van der Waals surface area contributed by atoms with Crippen LogP contribution >= 0.6 is 11.8 Å². The number of imidazole rings is 1. The van der Waals surface area contributed by atoms with E-state index in [-0.39, 0.29) is 56.8 Å². The van der Waals surface area contributed by atoms with Gasteiger partial charge < -0.3 is 58.6 Å². The highest BCUT2D eigenvalue weighted by atomic mass is 32.2. The number of para-hydroxylation sites is 1. The molecule has 0 saturated carbocycles. The number of hydrogen-bond donors (Lipinski definition) is 11. The Morgan fingerprint density at radius 2 is 1.46 bits per heavy atom. The van der Waals surface area contributed by atoms with Gasteiger partial charge >= 0.3 is 5.97 Å². The third-order valence-electron chi connectivity index (χ3n) is 8.88. The summed E-state index contributed by atoms with van der Waals surface area (Å²) in [7, 11) is 0. The lowest BCUT2D eigenvalue weighted by Gasteiger charge is -2.26. The summed E-state index contributed by atoms with van der Waals surface area (Å²) < 4.78 is 0. The summed E-state index contributed by atoms with van der Waals surface area (Å²) in [5.41, 5.74) is 19.8. The van der Waals surface area contributed by atoms with Crippen LogP contribution in [0.3, 0.4) is 0 Å². The SMILES string of the molecule is CSCC[C@H](NC(=O)[C@H](Cc1cnc[nH]1)NC(=O)[C@H](Cc1ccc(O)cc1)NC(=O)[C@@H](N)Cc1c[nH]c2ccccc12)C(=O)N[C@@H](CCCN=C(N)N)C(=O)O. The Hall–Kier alpha value is -6.08. The number of nitrogens with two attached hydrogens (primary N) is 3. The normalized spacial score (nSPS) is 13.8. The Morgan fingerprint density at radius 3 is 2.12 bits per heavy atom. The van der Waals surface area contributed by atoms with E-state index < -0.39 is 59.8 Å². The van der Waals surface area contributed by atoms with Crippen LogP contribution in [0.1, 0.15) is 36.1 Å². The van der Waals surface area contributed by atoms with Gasteiger partial charge in [0.25, 0.3) is 0 Å². The van der Waals surface area contributed by atoms with Crippen LogP contribution in [0.4, 0.5) is 0 Å². The van der Waals surface area contributed by atoms with Gasteiger partial charge in [0.2, 0.25) is 23.6 Å². The van der Waals surface area contributed by atoms with E-state index in [9.17, 15) is 34.2 Å². The molecule has 0 unspecified atom stereocenters. The topological polar surface area (TPSA) is 309 Å². The number of aromatic amines is 2. The second-order valence-corrected chi connectivity index (χ2v) is 14.1. The summed E-state index contributed by atoms with van der Waals surface area (Å²) in [6.07, 6.45) is 7.00. The molecule has 2 aromatic carbocycles. The Balaban J connectivity index is 1.53. The highest BCUT2D eigenvalue weighted by Gasteiger charge is 2.32. The lowest BCUT2D eigenvalue weighted by atomic mass is 10.0. The van der Waals surface area contributed by atoms with Gasteiger partial charge in [0.05, 0.1) is 12.4 Å². The number of hydrogen-bond acceptors (Lipinski definition) is 10. The molecule has 4 rings (SSSR count). The molecule has 0 bridgehead atoms. The highest BCUT2D eigenvalue weighted by Crippen LogP contribution is 2.19. The maximum Gasteiger partial charge on any atom is 0.326 e. The number of carboxylic acids is 1. The zero-order valence-electron chi connectivity index (χ0n) is 30.9. The number of aromatic hydroxyl groups is 1. The van der Waals surface area contributed by atoms with E-state index in [2.05, 4.69) is 41.2 Å². The first kappa shape index (κ1) is 42.7. The van der Waals surface area contributed by atoms with E-state index in [0.717, 1.165) is 16.5 Å². The number of aliphatic carboxylic acids is 1. The molecule has 2 heterocycles. The number of H-pyrrole nitrogens is 2. The average molecular weight is 792 g/mol. The second kappa shape index (κ2) is 21.1. The minimum absolute atomic E-state index is 0.0107. The quantitative estimate of drug-likeness (QED) is 0.0280. The number of carbonyl (C=O) groups excluding carboxylic acids is 4. The van der Waals surface area contributed by atoms with Crippen molar-refractivity contribution in [3.05, 3.63) is 84.1 Å². The molecule has 0 radical (unpaired) electrons. The van der Waals surface area contributed by atoms with E-state index in [1.54, 1.807) is 18.3 Å². The molecule has 0 saturated heterocycles. The minimum Gasteiger partial charge on any atom is -0.508 e. The fraction of sp³-hybridized carbons (Fsp3) is 0.378. The Kier molecular flexibility index (Phi) is 16.1. The molecule has 0 aliphatic rings. The van der Waals surface area contributed by atoms with Gasteiger partial charge in [0, 0.05) is 48.4 Å². The van der Waals surface area contributed by atoms with Crippen molar-refractivity contribution in [2.24, 2.45) is 22.2 Å². The predicted octanol–water partition coefficient (Wildman–Crippen LogP) is -0.218. The van der Waals surface area contributed by atoms with Crippen LogP contribution in [0, 0.1) is 0 Å². The highest BCUT2D eigenvalue weighted by molar-refractivity contribution is 7.98. The van der Waals surface area contributed by atoms with Crippen LogP contribution in [0.2, 0.25) is 0 Å². The van der Waals surface area contributed by atoms with E-state index in [1.807, 2.05) is 30.5 Å². The molecular weight excluding hydrogens is 743 g/mol. The molecule has 5 atom stereocenters. The number of aliphatic imine (C=N–C) groups is 1. The smallest absolute Gasteiger partial charge is 0.326 e. The van der Waals surface area contributed by atoms with Gasteiger partial charge in [-0.05, 0) is 67.0 Å². The first-order valence-corrected chi connectivity index (χ1v) is 19.3. The Bertz CT molecular complexity index is 1950. The number of carbonyl (C=O) groups is 5. The van der Waals surface area contributed by atoms with Crippen molar-refractivity contribution in [2.45, 2.75) is 68.7 Å². The molecule has 18 nitrogen and oxygen atoms in total. The first-order chi connectivity index (χ1) is 26.8. The van der Waals surface area contributed by atoms with E-state index in [4.69, 9.17) is 17.2 Å². The number of nitrogens with zero attached hydrogens (tertiary/aromatic N) is 2. The van der Waals surface area contributed by atoms with E-state index in [0.29, 0.717) is 17.0 Å². The Morgan fingerprint density at radius 1 is 0.821 bits per heavy atom. The summed E-state index contributed by atoms with van der Waals surface area (Å²) in [4.78, 5) is 81.0. The van der Waals surface area contributed by atoms with Gasteiger partial charge in [-0.15, -0.1) is 0 Å². The zero-order chi connectivity index (χ0) is 40.6. The van der Waals surface area contributed by atoms with Gasteiger partial charge in [-0.1, -0.05) is 30.3 Å². The van der Waals surface area contributed by atoms with Gasteiger partial charge in [-0.2, -0.15) is 11.8 Å². The summed E-state index contributed by atoms with van der Waals surface area (Å²) in [6.45, 7) is 0.161. The van der Waals surface area contributed by atoms with Crippen LogP contribution < -0.4 is 38.5 Å². The third-order valence-corrected chi connectivity index (χ3v) is 9.52. The third kappa shape index (κ3) is 13.0. The number of carboxylic acid groups (broad SMARTS) is 1. The summed E-state index contributed by atoms with van der Waals surface area (Å²) in [6, 6.07) is 7.70. The van der Waals surface area contributed by atoms with Crippen molar-refractivity contribution < 1.29 is 34.2 Å². The summed E-state index contributed by atoms with van der Waals surface area (Å²) >= 11 is 1.42. The van der Waals surface area contributed by atoms with Crippen LogP contribution in [-0.4, -0.2) is 109 Å². The maximum atomic E-state index is 14.1. The van der Waals surface area contributed by atoms with Crippen molar-refractivity contribution in [1.29, 1.82) is 0 Å². The minimum atomic E-state index is -1.28. The molecular formula is C37H49N11O7S. The number of benzene rings is 2. The van der Waals surface area contributed by atoms with Gasteiger partial charge in [-0.3, -0.25) is 24.2 Å². The van der Waals surface area contributed by atoms with Crippen LogP contribution in [-0.2, 0) is 43.2 Å². The van der Waals surface area contributed by atoms with Crippen molar-refractivity contribution >= 4 is 58.2 Å². The molecule has 0 aliphatic heterocycles. The molecule has 4 aromatic rings. The van der Waals surface area contributed by atoms with E-state index >= 15 is 0 Å². The fourth-order valence-corrected chi connectivity index (χ4v) is 6.37. The molecule has 56 heavy (non-hydrogen) atoms. The number of rotatable bonds is 22. The fourth-order valence-electron chi connectivity index (χ4n) is 5.89. The second-order valence-electron chi connectivity index (χ2n) is 13.1. The lowest BCUT2D eigenvalue weighted by Crippen LogP contribution is -2.59. The van der Waals surface area contributed by atoms with Crippen molar-refractivity contribution in [1.82, 2.24) is 36.2 Å². The number of aromatic nitrogens is 3. The van der Waals surface area contributed by atoms with Crippen LogP contribution in [0.15, 0.2) is 72.2 Å². The molecule has 19 heteroatoms.